The molecule has 0 radical (unpaired) electrons. The minimum Gasteiger partial charge on any atom is -0.339 e. The number of thiazole rings is 1. The van der Waals surface area contributed by atoms with Gasteiger partial charge in [0, 0.05) is 42.3 Å². The van der Waals surface area contributed by atoms with Crippen LogP contribution in [0.15, 0.2) is 29.6 Å². The second kappa shape index (κ2) is 8.51. The van der Waals surface area contributed by atoms with Gasteiger partial charge in [-0.15, -0.1) is 11.3 Å². The van der Waals surface area contributed by atoms with Gasteiger partial charge in [0.25, 0.3) is 0 Å². The van der Waals surface area contributed by atoms with Crippen LogP contribution in [-0.2, 0) is 17.8 Å². The largest absolute Gasteiger partial charge is 0.339 e. The van der Waals surface area contributed by atoms with E-state index in [0.717, 1.165) is 16.3 Å². The number of carbonyl (C=O) groups excluding carboxylic acids is 2. The van der Waals surface area contributed by atoms with Crippen molar-refractivity contribution in [1.29, 1.82) is 0 Å². The maximum Gasteiger partial charge on any atom is 0.317 e. The number of aryl methyl sites for hydroxylation is 1. The quantitative estimate of drug-likeness (QED) is 0.869. The topological polar surface area (TPSA) is 65.5 Å². The lowest BCUT2D eigenvalue weighted by Gasteiger charge is -2.34. The van der Waals surface area contributed by atoms with Gasteiger partial charge in [0.05, 0.1) is 13.0 Å². The molecule has 8 heteroatoms. The molecule has 1 aliphatic rings. The van der Waals surface area contributed by atoms with Crippen molar-refractivity contribution in [2.45, 2.75) is 19.9 Å². The number of benzene rings is 1. The van der Waals surface area contributed by atoms with Crippen LogP contribution in [0.3, 0.4) is 0 Å². The minimum absolute atomic E-state index is 0.0384. The monoisotopic (exact) mass is 392 g/mol. The molecule has 6 nitrogen and oxygen atoms in total. The predicted octanol–water partition coefficient (Wildman–Crippen LogP) is 2.70. The highest BCUT2D eigenvalue weighted by Gasteiger charge is 2.24. The number of nitrogens with one attached hydrogen (secondary N) is 1. The summed E-state index contributed by atoms with van der Waals surface area (Å²) in [6.07, 6.45) is 0.287. The van der Waals surface area contributed by atoms with Crippen molar-refractivity contribution in [3.05, 3.63) is 50.9 Å². The zero-order valence-corrected chi connectivity index (χ0v) is 16.1. The number of rotatable bonds is 4. The fourth-order valence-corrected chi connectivity index (χ4v) is 3.74. The normalized spacial score (nSPS) is 14.4. The standard InChI is InChI=1S/C18H21ClN4O2S/c1-13-12-26-16(21-13)11-20-18(25)23-8-6-22(7-9-23)17(24)10-14-4-2-3-5-15(14)19/h2-5,12H,6-11H2,1H3,(H,20,25). The molecular formula is C18H21ClN4O2S. The van der Waals surface area contributed by atoms with Crippen molar-refractivity contribution in [2.24, 2.45) is 0 Å². The fraction of sp³-hybridized carbons (Fsp3) is 0.389. The molecule has 0 bridgehead atoms. The number of carbonyl (C=O) groups is 2. The van der Waals surface area contributed by atoms with Gasteiger partial charge in [-0.1, -0.05) is 29.8 Å². The van der Waals surface area contributed by atoms with Gasteiger partial charge in [-0.05, 0) is 18.6 Å². The number of aromatic nitrogens is 1. The summed E-state index contributed by atoms with van der Waals surface area (Å²) in [5.41, 5.74) is 1.79. The van der Waals surface area contributed by atoms with Crippen LogP contribution in [0.5, 0.6) is 0 Å². The van der Waals surface area contributed by atoms with E-state index in [-0.39, 0.29) is 18.4 Å². The van der Waals surface area contributed by atoms with Crippen molar-refractivity contribution in [2.75, 3.05) is 26.2 Å². The Balaban J connectivity index is 1.45. The van der Waals surface area contributed by atoms with Crippen LogP contribution in [0.25, 0.3) is 0 Å². The SMILES string of the molecule is Cc1csc(CNC(=O)N2CCN(C(=O)Cc3ccccc3Cl)CC2)n1. The molecule has 26 heavy (non-hydrogen) atoms. The molecule has 1 saturated heterocycles. The van der Waals surface area contributed by atoms with Gasteiger partial charge in [-0.3, -0.25) is 4.79 Å². The van der Waals surface area contributed by atoms with Crippen LogP contribution in [0, 0.1) is 6.92 Å². The van der Waals surface area contributed by atoms with Gasteiger partial charge in [0.1, 0.15) is 5.01 Å². The highest BCUT2D eigenvalue weighted by atomic mass is 35.5. The second-order valence-corrected chi connectivity index (χ2v) is 7.53. The highest BCUT2D eigenvalue weighted by molar-refractivity contribution is 7.09. The first-order valence-electron chi connectivity index (χ1n) is 8.48. The predicted molar refractivity (Wildman–Crippen MR) is 102 cm³/mol. The third-order valence-corrected chi connectivity index (χ3v) is 5.61. The molecule has 3 amide bonds. The maximum atomic E-state index is 12.5. The zero-order chi connectivity index (χ0) is 18.5. The number of hydrogen-bond donors (Lipinski definition) is 1. The van der Waals surface area contributed by atoms with Gasteiger partial charge in [0.2, 0.25) is 5.91 Å². The lowest BCUT2D eigenvalue weighted by atomic mass is 10.1. The summed E-state index contributed by atoms with van der Waals surface area (Å²) in [6.45, 7) is 4.48. The maximum absolute atomic E-state index is 12.5. The summed E-state index contributed by atoms with van der Waals surface area (Å²) in [7, 11) is 0. The molecule has 1 fully saturated rings. The van der Waals surface area contributed by atoms with E-state index in [1.807, 2.05) is 30.5 Å². The van der Waals surface area contributed by atoms with Crippen molar-refractivity contribution < 1.29 is 9.59 Å². The lowest BCUT2D eigenvalue weighted by Crippen LogP contribution is -2.53. The van der Waals surface area contributed by atoms with E-state index in [1.165, 1.54) is 11.3 Å². The molecule has 138 valence electrons. The number of piperazine rings is 1. The summed E-state index contributed by atoms with van der Waals surface area (Å²) in [5, 5.41) is 6.35. The third-order valence-electron chi connectivity index (χ3n) is 4.28. The Kier molecular flexibility index (Phi) is 6.11. The highest BCUT2D eigenvalue weighted by Crippen LogP contribution is 2.17. The average molecular weight is 393 g/mol. The van der Waals surface area contributed by atoms with Gasteiger partial charge in [-0.2, -0.15) is 0 Å². The third kappa shape index (κ3) is 4.74. The molecule has 1 N–H and O–H groups in total. The van der Waals surface area contributed by atoms with Gasteiger partial charge in [-0.25, -0.2) is 9.78 Å². The Bertz CT molecular complexity index is 787. The van der Waals surface area contributed by atoms with Crippen LogP contribution in [-0.4, -0.2) is 52.9 Å². The molecule has 1 aliphatic heterocycles. The first-order valence-corrected chi connectivity index (χ1v) is 9.73. The number of nitrogens with zero attached hydrogens (tertiary/aromatic N) is 3. The molecule has 0 unspecified atom stereocenters. The van der Waals surface area contributed by atoms with E-state index < -0.39 is 0 Å². The molecular weight excluding hydrogens is 372 g/mol. The molecule has 2 heterocycles. The molecule has 2 aromatic rings. The molecule has 0 spiro atoms. The number of amides is 3. The lowest BCUT2D eigenvalue weighted by molar-refractivity contribution is -0.131. The number of halogens is 1. The van der Waals surface area contributed by atoms with E-state index >= 15 is 0 Å². The zero-order valence-electron chi connectivity index (χ0n) is 14.6. The van der Waals surface area contributed by atoms with Crippen molar-refractivity contribution in [3.8, 4) is 0 Å². The first-order chi connectivity index (χ1) is 12.5. The van der Waals surface area contributed by atoms with E-state index in [1.54, 1.807) is 15.9 Å². The van der Waals surface area contributed by atoms with Crippen LogP contribution < -0.4 is 5.32 Å². The number of hydrogen-bond acceptors (Lipinski definition) is 4. The van der Waals surface area contributed by atoms with Crippen LogP contribution in [0.4, 0.5) is 4.79 Å². The van der Waals surface area contributed by atoms with Crippen LogP contribution in [0.2, 0.25) is 5.02 Å². The van der Waals surface area contributed by atoms with Crippen molar-refractivity contribution in [1.82, 2.24) is 20.1 Å². The Morgan fingerprint density at radius 3 is 2.54 bits per heavy atom. The molecule has 1 aromatic carbocycles. The fourth-order valence-electron chi connectivity index (χ4n) is 2.82. The summed E-state index contributed by atoms with van der Waals surface area (Å²) >= 11 is 7.66. The molecule has 0 aliphatic carbocycles. The van der Waals surface area contributed by atoms with E-state index in [9.17, 15) is 9.59 Å². The van der Waals surface area contributed by atoms with Gasteiger partial charge in [0.15, 0.2) is 0 Å². The number of urea groups is 1. The molecule has 0 saturated carbocycles. The average Bonchev–Trinajstić information content (AvgIpc) is 3.07. The molecule has 0 atom stereocenters. The summed E-state index contributed by atoms with van der Waals surface area (Å²) in [5.74, 6) is 0.0384. The van der Waals surface area contributed by atoms with Crippen LogP contribution in [0.1, 0.15) is 16.3 Å². The Labute approximate surface area is 161 Å². The van der Waals surface area contributed by atoms with E-state index in [4.69, 9.17) is 11.6 Å². The van der Waals surface area contributed by atoms with Gasteiger partial charge < -0.3 is 15.1 Å². The smallest absolute Gasteiger partial charge is 0.317 e. The van der Waals surface area contributed by atoms with Crippen molar-refractivity contribution in [3.63, 3.8) is 0 Å². The Morgan fingerprint density at radius 1 is 1.19 bits per heavy atom. The molecule has 3 rings (SSSR count). The summed E-state index contributed by atoms with van der Waals surface area (Å²) < 4.78 is 0. The Hall–Kier alpha value is -2.12. The summed E-state index contributed by atoms with van der Waals surface area (Å²) in [4.78, 5) is 32.6. The second-order valence-electron chi connectivity index (χ2n) is 6.18. The van der Waals surface area contributed by atoms with Crippen molar-refractivity contribution >= 4 is 34.9 Å². The first kappa shape index (κ1) is 18.7. The summed E-state index contributed by atoms with van der Waals surface area (Å²) in [6, 6.07) is 7.26. The van der Waals surface area contributed by atoms with Crippen LogP contribution >= 0.6 is 22.9 Å². The van der Waals surface area contributed by atoms with E-state index in [0.29, 0.717) is 37.7 Å². The van der Waals surface area contributed by atoms with E-state index in [2.05, 4.69) is 10.3 Å². The minimum atomic E-state index is -0.115. The molecule has 1 aromatic heterocycles. The van der Waals surface area contributed by atoms with Gasteiger partial charge >= 0.3 is 6.03 Å². The Morgan fingerprint density at radius 2 is 1.88 bits per heavy atom.